The number of pyridine rings is 1. The highest BCUT2D eigenvalue weighted by atomic mass is 19.3. The molecule has 5 heterocycles. The molecule has 0 aliphatic carbocycles. The molecule has 0 unspecified atom stereocenters. The molecule has 2 aliphatic rings. The van der Waals surface area contributed by atoms with E-state index in [1.54, 1.807) is 23.7 Å². The number of rotatable bonds is 9. The van der Waals surface area contributed by atoms with Gasteiger partial charge in [-0.3, -0.25) is 4.90 Å². The maximum atomic E-state index is 12.7. The van der Waals surface area contributed by atoms with Crippen LogP contribution in [-0.2, 0) is 4.74 Å². The topological polar surface area (TPSA) is 128 Å². The van der Waals surface area contributed by atoms with Crippen LogP contribution >= 0.6 is 0 Å². The summed E-state index contributed by atoms with van der Waals surface area (Å²) in [6, 6.07) is 5.92. The van der Waals surface area contributed by atoms with Crippen LogP contribution in [0.5, 0.6) is 0 Å². The summed E-state index contributed by atoms with van der Waals surface area (Å²) in [5, 5.41) is 17.3. The molecule has 0 aromatic carbocycles. The average molecular weight is 501 g/mol. The SMILES string of the molecule is CNc1nc(N[C@H]2CCN(C3COC3)C[C@H]2C)nn2ccc(-c3ccc(N=N)c(NCC(F)F)n3)c12. The summed E-state index contributed by atoms with van der Waals surface area (Å²) in [7, 11) is 1.79. The van der Waals surface area contributed by atoms with E-state index in [0.29, 0.717) is 34.9 Å². The highest BCUT2D eigenvalue weighted by Crippen LogP contribution is 2.33. The number of nitrogens with zero attached hydrogens (tertiary/aromatic N) is 6. The van der Waals surface area contributed by atoms with E-state index in [1.807, 2.05) is 12.3 Å². The van der Waals surface area contributed by atoms with Crippen molar-refractivity contribution in [1.29, 1.82) is 5.53 Å². The third kappa shape index (κ3) is 4.80. The largest absolute Gasteiger partial charge is 0.378 e. The second kappa shape index (κ2) is 10.3. The van der Waals surface area contributed by atoms with Gasteiger partial charge in [0, 0.05) is 37.9 Å². The number of alkyl halides is 2. The van der Waals surface area contributed by atoms with Gasteiger partial charge < -0.3 is 20.7 Å². The van der Waals surface area contributed by atoms with E-state index in [1.165, 1.54) is 0 Å². The lowest BCUT2D eigenvalue weighted by Gasteiger charge is -2.44. The molecule has 2 saturated heterocycles. The molecule has 4 N–H and O–H groups in total. The highest BCUT2D eigenvalue weighted by Gasteiger charge is 2.33. The zero-order chi connectivity index (χ0) is 25.2. The van der Waals surface area contributed by atoms with Gasteiger partial charge in [0.15, 0.2) is 11.6 Å². The van der Waals surface area contributed by atoms with Gasteiger partial charge in [-0.25, -0.2) is 23.8 Å². The smallest absolute Gasteiger partial charge is 0.255 e. The van der Waals surface area contributed by atoms with Crippen LogP contribution in [0.3, 0.4) is 0 Å². The Morgan fingerprint density at radius 2 is 2.06 bits per heavy atom. The number of anilines is 3. The molecule has 0 bridgehead atoms. The van der Waals surface area contributed by atoms with Crippen molar-refractivity contribution in [2.75, 3.05) is 55.8 Å². The minimum atomic E-state index is -2.55. The van der Waals surface area contributed by atoms with E-state index >= 15 is 0 Å². The van der Waals surface area contributed by atoms with Gasteiger partial charge in [-0.1, -0.05) is 6.92 Å². The minimum Gasteiger partial charge on any atom is -0.378 e. The van der Waals surface area contributed by atoms with Crippen molar-refractivity contribution < 1.29 is 13.5 Å². The summed E-state index contributed by atoms with van der Waals surface area (Å²) in [6.07, 6.45) is 0.260. The van der Waals surface area contributed by atoms with Crippen molar-refractivity contribution in [2.24, 2.45) is 11.0 Å². The molecule has 5 rings (SSSR count). The van der Waals surface area contributed by atoms with Crippen LogP contribution < -0.4 is 16.0 Å². The van der Waals surface area contributed by atoms with Gasteiger partial charge in [0.05, 0.1) is 31.5 Å². The molecule has 2 atom stereocenters. The van der Waals surface area contributed by atoms with Crippen molar-refractivity contribution in [3.05, 3.63) is 24.4 Å². The zero-order valence-corrected chi connectivity index (χ0v) is 20.2. The maximum absolute atomic E-state index is 12.7. The predicted molar refractivity (Wildman–Crippen MR) is 132 cm³/mol. The summed E-state index contributed by atoms with van der Waals surface area (Å²) < 4.78 is 32.5. The molecule has 2 fully saturated rings. The minimum absolute atomic E-state index is 0.126. The number of likely N-dealkylation sites (tertiary alicyclic amines) is 1. The summed E-state index contributed by atoms with van der Waals surface area (Å²) in [4.78, 5) is 11.7. The standard InChI is InChI=1S/C23H30F2N10O/c1-13-10-34(14-11-36-12-14)7-6-16(13)30-23-31-22(27-2)20-15(5-8-35(20)33-23)17-3-4-18(32-26)21(29-17)28-9-19(24)25/h3-5,8,13-14,16,19,26H,6-7,9-12H2,1-2H3,(H,28,29)(H2,27,30,31,33)/t13-,16+/m1/s1. The molecular weight excluding hydrogens is 470 g/mol. The van der Waals surface area contributed by atoms with Crippen molar-refractivity contribution in [3.63, 3.8) is 0 Å². The summed E-state index contributed by atoms with van der Waals surface area (Å²) >= 11 is 0. The molecular formula is C23H30F2N10O. The fourth-order valence-corrected chi connectivity index (χ4v) is 4.79. The third-order valence-corrected chi connectivity index (χ3v) is 6.83. The summed E-state index contributed by atoms with van der Waals surface area (Å²) in [5.41, 5.74) is 9.46. The molecule has 192 valence electrons. The first-order valence-corrected chi connectivity index (χ1v) is 12.0. The Balaban J connectivity index is 1.39. The van der Waals surface area contributed by atoms with E-state index in [0.717, 1.165) is 38.3 Å². The Kier molecular flexibility index (Phi) is 6.92. The van der Waals surface area contributed by atoms with E-state index in [-0.39, 0.29) is 17.5 Å². The van der Waals surface area contributed by atoms with E-state index < -0.39 is 13.0 Å². The van der Waals surface area contributed by atoms with Crippen molar-refractivity contribution in [3.8, 4) is 11.3 Å². The average Bonchev–Trinajstić information content (AvgIpc) is 3.26. The molecule has 13 heteroatoms. The molecule has 0 radical (unpaired) electrons. The zero-order valence-electron chi connectivity index (χ0n) is 20.2. The van der Waals surface area contributed by atoms with Crippen LogP contribution in [0.1, 0.15) is 13.3 Å². The first-order valence-electron chi connectivity index (χ1n) is 12.0. The quantitative estimate of drug-likeness (QED) is 0.328. The van der Waals surface area contributed by atoms with Gasteiger partial charge in [0.2, 0.25) is 5.95 Å². The number of hydrogen-bond donors (Lipinski definition) is 4. The fraction of sp³-hybridized carbons (Fsp3) is 0.522. The van der Waals surface area contributed by atoms with Crippen molar-refractivity contribution >= 4 is 28.8 Å². The lowest BCUT2D eigenvalue weighted by molar-refractivity contribution is -0.0763. The lowest BCUT2D eigenvalue weighted by atomic mass is 9.92. The first kappa shape index (κ1) is 24.3. The van der Waals surface area contributed by atoms with Crippen LogP contribution in [0, 0.1) is 11.4 Å². The number of piperidine rings is 1. The molecule has 36 heavy (non-hydrogen) atoms. The van der Waals surface area contributed by atoms with Gasteiger partial charge in [-0.2, -0.15) is 10.1 Å². The Morgan fingerprint density at radius 1 is 1.22 bits per heavy atom. The predicted octanol–water partition coefficient (Wildman–Crippen LogP) is 3.69. The lowest BCUT2D eigenvalue weighted by Crippen LogP contribution is -2.55. The van der Waals surface area contributed by atoms with Gasteiger partial charge in [0.1, 0.15) is 11.2 Å². The van der Waals surface area contributed by atoms with Gasteiger partial charge >= 0.3 is 0 Å². The molecule has 3 aromatic heterocycles. The molecule has 11 nitrogen and oxygen atoms in total. The third-order valence-electron chi connectivity index (χ3n) is 6.83. The van der Waals surface area contributed by atoms with Crippen LogP contribution in [0.4, 0.5) is 32.1 Å². The normalized spacial score (nSPS) is 20.9. The van der Waals surface area contributed by atoms with Crippen LogP contribution in [0.2, 0.25) is 0 Å². The molecule has 0 spiro atoms. The number of nitrogens with one attached hydrogen (secondary N) is 4. The summed E-state index contributed by atoms with van der Waals surface area (Å²) in [5.74, 6) is 1.70. The maximum Gasteiger partial charge on any atom is 0.255 e. The van der Waals surface area contributed by atoms with Crippen LogP contribution in [0.15, 0.2) is 29.5 Å². The number of halogens is 2. The van der Waals surface area contributed by atoms with Crippen LogP contribution in [-0.4, -0.2) is 82.9 Å². The monoisotopic (exact) mass is 500 g/mol. The number of fused-ring (bicyclic) bond motifs is 1. The van der Waals surface area contributed by atoms with Gasteiger partial charge in [-0.05, 0) is 30.5 Å². The summed E-state index contributed by atoms with van der Waals surface area (Å²) in [6.45, 7) is 5.33. The first-order chi connectivity index (χ1) is 17.5. The van der Waals surface area contributed by atoms with Crippen molar-refractivity contribution in [2.45, 2.75) is 31.9 Å². The Labute approximate surface area is 207 Å². The van der Waals surface area contributed by atoms with E-state index in [2.05, 4.69) is 43.0 Å². The molecule has 0 amide bonds. The molecule has 0 saturated carbocycles. The highest BCUT2D eigenvalue weighted by molar-refractivity contribution is 5.88. The van der Waals surface area contributed by atoms with Gasteiger partial charge in [-0.15, -0.1) is 5.10 Å². The molecule has 2 aliphatic heterocycles. The number of aromatic nitrogens is 4. The van der Waals surface area contributed by atoms with Crippen molar-refractivity contribution in [1.82, 2.24) is 24.5 Å². The Morgan fingerprint density at radius 3 is 2.72 bits per heavy atom. The van der Waals surface area contributed by atoms with E-state index in [4.69, 9.17) is 15.3 Å². The number of ether oxygens (including phenoxy) is 1. The second-order valence-corrected chi connectivity index (χ2v) is 9.21. The van der Waals surface area contributed by atoms with Gasteiger partial charge in [0.25, 0.3) is 6.43 Å². The Hall–Kier alpha value is -3.45. The Bertz CT molecular complexity index is 1230. The number of hydrogen-bond acceptors (Lipinski definition) is 10. The van der Waals surface area contributed by atoms with E-state index in [9.17, 15) is 8.78 Å². The van der Waals surface area contributed by atoms with Crippen LogP contribution in [0.25, 0.3) is 16.8 Å². The second-order valence-electron chi connectivity index (χ2n) is 9.21. The molecule has 3 aromatic rings. The fourth-order valence-electron chi connectivity index (χ4n) is 4.79.